The quantitative estimate of drug-likeness (QED) is 0.852. The van der Waals surface area contributed by atoms with Crippen LogP contribution in [-0.2, 0) is 13.5 Å². The number of anilines is 1. The molecule has 0 aliphatic rings. The fourth-order valence-electron chi connectivity index (χ4n) is 1.78. The lowest BCUT2D eigenvalue weighted by atomic mass is 10.3. The van der Waals surface area contributed by atoms with Gasteiger partial charge >= 0.3 is 0 Å². The largest absolute Gasteiger partial charge is 0.373 e. The van der Waals surface area contributed by atoms with Gasteiger partial charge in [-0.3, -0.25) is 4.68 Å². The van der Waals surface area contributed by atoms with Crippen molar-refractivity contribution in [2.45, 2.75) is 36.7 Å². The van der Waals surface area contributed by atoms with Gasteiger partial charge in [0, 0.05) is 26.6 Å². The van der Waals surface area contributed by atoms with Gasteiger partial charge in [-0.25, -0.2) is 9.97 Å². The zero-order valence-corrected chi connectivity index (χ0v) is 12.6. The Morgan fingerprint density at radius 1 is 1.32 bits per heavy atom. The van der Waals surface area contributed by atoms with Crippen molar-refractivity contribution in [3.63, 3.8) is 0 Å². The minimum Gasteiger partial charge on any atom is -0.373 e. The fourth-order valence-corrected chi connectivity index (χ4v) is 2.72. The lowest BCUT2D eigenvalue weighted by Gasteiger charge is -2.07. The molecule has 102 valence electrons. The van der Waals surface area contributed by atoms with Gasteiger partial charge in [0.2, 0.25) is 0 Å². The van der Waals surface area contributed by atoms with Crippen molar-refractivity contribution in [1.82, 2.24) is 19.7 Å². The molecule has 6 heteroatoms. The van der Waals surface area contributed by atoms with Crippen LogP contribution >= 0.6 is 11.8 Å². The van der Waals surface area contributed by atoms with Gasteiger partial charge < -0.3 is 5.32 Å². The predicted molar refractivity (Wildman–Crippen MR) is 77.6 cm³/mol. The molecule has 0 fully saturated rings. The molecule has 2 aromatic heterocycles. The Balaban J connectivity index is 2.28. The van der Waals surface area contributed by atoms with Gasteiger partial charge in [0.15, 0.2) is 0 Å². The number of aryl methyl sites for hydroxylation is 3. The van der Waals surface area contributed by atoms with Crippen molar-refractivity contribution in [2.24, 2.45) is 7.05 Å². The van der Waals surface area contributed by atoms with Crippen LogP contribution in [-0.4, -0.2) is 26.8 Å². The highest BCUT2D eigenvalue weighted by Gasteiger charge is 2.08. The molecule has 0 bridgehead atoms. The first-order valence-corrected chi connectivity index (χ1v) is 7.18. The Hall–Kier alpha value is -1.56. The average molecular weight is 277 g/mol. The van der Waals surface area contributed by atoms with Gasteiger partial charge in [-0.2, -0.15) is 5.10 Å². The van der Waals surface area contributed by atoms with E-state index in [1.54, 1.807) is 11.8 Å². The second-order valence-corrected chi connectivity index (χ2v) is 5.40. The number of nitrogens with one attached hydrogen (secondary N) is 1. The molecule has 0 aromatic carbocycles. The first-order chi connectivity index (χ1) is 9.12. The van der Waals surface area contributed by atoms with E-state index in [0.717, 1.165) is 40.2 Å². The highest BCUT2D eigenvalue weighted by Crippen LogP contribution is 2.27. The molecule has 0 saturated heterocycles. The molecule has 0 amide bonds. The third kappa shape index (κ3) is 3.47. The minimum absolute atomic E-state index is 0.861. The number of hydrogen-bond acceptors (Lipinski definition) is 5. The summed E-state index contributed by atoms with van der Waals surface area (Å²) in [5.41, 5.74) is 1.02. The zero-order valence-electron chi connectivity index (χ0n) is 11.8. The van der Waals surface area contributed by atoms with Crippen LogP contribution in [0.5, 0.6) is 0 Å². The number of rotatable bonds is 5. The molecule has 0 atom stereocenters. The average Bonchev–Trinajstić information content (AvgIpc) is 2.68. The molecule has 0 spiro atoms. The van der Waals surface area contributed by atoms with Crippen molar-refractivity contribution in [1.29, 1.82) is 0 Å². The van der Waals surface area contributed by atoms with Gasteiger partial charge in [-0.15, -0.1) is 0 Å². The Labute approximate surface area is 117 Å². The van der Waals surface area contributed by atoms with Crippen LogP contribution < -0.4 is 5.32 Å². The summed E-state index contributed by atoms with van der Waals surface area (Å²) < 4.78 is 1.88. The summed E-state index contributed by atoms with van der Waals surface area (Å²) in [5, 5.41) is 9.46. The molecule has 19 heavy (non-hydrogen) atoms. The van der Waals surface area contributed by atoms with E-state index in [0.29, 0.717) is 0 Å². The van der Waals surface area contributed by atoms with E-state index in [2.05, 4.69) is 33.4 Å². The second-order valence-electron chi connectivity index (χ2n) is 4.36. The zero-order chi connectivity index (χ0) is 13.8. The fraction of sp³-hybridized carbons (Fsp3) is 0.462. The third-order valence-corrected chi connectivity index (χ3v) is 3.66. The van der Waals surface area contributed by atoms with E-state index < -0.39 is 0 Å². The summed E-state index contributed by atoms with van der Waals surface area (Å²) >= 11 is 1.61. The molecule has 0 unspecified atom stereocenters. The summed E-state index contributed by atoms with van der Waals surface area (Å²) in [6.07, 6.45) is 1.94. The first kappa shape index (κ1) is 13.9. The number of hydrogen-bond donors (Lipinski definition) is 1. The summed E-state index contributed by atoms with van der Waals surface area (Å²) in [6, 6.07) is 4.03. The molecule has 2 heterocycles. The van der Waals surface area contributed by atoms with Crippen LogP contribution in [0.3, 0.4) is 0 Å². The van der Waals surface area contributed by atoms with Gasteiger partial charge in [0.25, 0.3) is 0 Å². The van der Waals surface area contributed by atoms with E-state index in [9.17, 15) is 0 Å². The van der Waals surface area contributed by atoms with Crippen molar-refractivity contribution >= 4 is 17.6 Å². The summed E-state index contributed by atoms with van der Waals surface area (Å²) in [6.45, 7) is 4.12. The Bertz CT molecular complexity index is 564. The van der Waals surface area contributed by atoms with E-state index in [-0.39, 0.29) is 0 Å². The van der Waals surface area contributed by atoms with Gasteiger partial charge in [-0.05, 0) is 19.4 Å². The van der Waals surface area contributed by atoms with Crippen molar-refractivity contribution in [2.75, 3.05) is 12.4 Å². The SMILES string of the molecule is CCCc1nc(NC)cc(Sc2cc(C)nn2C)n1. The number of aromatic nitrogens is 4. The normalized spacial score (nSPS) is 10.7. The maximum atomic E-state index is 4.59. The van der Waals surface area contributed by atoms with Crippen LogP contribution in [0.2, 0.25) is 0 Å². The topological polar surface area (TPSA) is 55.6 Å². The monoisotopic (exact) mass is 277 g/mol. The molecular weight excluding hydrogens is 258 g/mol. The van der Waals surface area contributed by atoms with Crippen LogP contribution in [0.1, 0.15) is 24.9 Å². The second kappa shape index (κ2) is 6.06. The Kier molecular flexibility index (Phi) is 4.42. The smallest absolute Gasteiger partial charge is 0.132 e. The van der Waals surface area contributed by atoms with Crippen LogP contribution in [0.4, 0.5) is 5.82 Å². The molecular formula is C13H19N5S. The maximum Gasteiger partial charge on any atom is 0.132 e. The minimum atomic E-state index is 0.861. The highest BCUT2D eigenvalue weighted by molar-refractivity contribution is 7.99. The predicted octanol–water partition coefficient (Wildman–Crippen LogP) is 2.66. The van der Waals surface area contributed by atoms with E-state index in [4.69, 9.17) is 0 Å². The van der Waals surface area contributed by atoms with Crippen LogP contribution in [0.25, 0.3) is 0 Å². The summed E-state index contributed by atoms with van der Waals surface area (Å²) in [5.74, 6) is 1.75. The summed E-state index contributed by atoms with van der Waals surface area (Å²) in [4.78, 5) is 9.04. The molecule has 5 nitrogen and oxygen atoms in total. The van der Waals surface area contributed by atoms with Gasteiger partial charge in [0.05, 0.1) is 5.69 Å². The van der Waals surface area contributed by atoms with Crippen LogP contribution in [0.15, 0.2) is 22.2 Å². The van der Waals surface area contributed by atoms with Gasteiger partial charge in [0.1, 0.15) is 21.7 Å². The van der Waals surface area contributed by atoms with E-state index >= 15 is 0 Å². The third-order valence-electron chi connectivity index (χ3n) is 2.65. The van der Waals surface area contributed by atoms with Crippen molar-refractivity contribution in [3.05, 3.63) is 23.7 Å². The molecule has 0 saturated carbocycles. The maximum absolute atomic E-state index is 4.59. The van der Waals surface area contributed by atoms with Crippen molar-refractivity contribution < 1.29 is 0 Å². The first-order valence-electron chi connectivity index (χ1n) is 6.36. The Morgan fingerprint density at radius 2 is 2.11 bits per heavy atom. The molecule has 0 radical (unpaired) electrons. The lowest BCUT2D eigenvalue weighted by molar-refractivity contribution is 0.691. The Morgan fingerprint density at radius 3 is 2.68 bits per heavy atom. The summed E-state index contributed by atoms with van der Waals surface area (Å²) in [7, 11) is 3.82. The lowest BCUT2D eigenvalue weighted by Crippen LogP contribution is -2.01. The molecule has 1 N–H and O–H groups in total. The molecule has 2 rings (SSSR count). The van der Waals surface area contributed by atoms with Crippen molar-refractivity contribution in [3.8, 4) is 0 Å². The molecule has 0 aliphatic carbocycles. The molecule has 2 aromatic rings. The van der Waals surface area contributed by atoms with E-state index in [1.165, 1.54) is 0 Å². The molecule has 0 aliphatic heterocycles. The van der Waals surface area contributed by atoms with Gasteiger partial charge in [-0.1, -0.05) is 18.7 Å². The number of nitrogens with zero attached hydrogens (tertiary/aromatic N) is 4. The highest BCUT2D eigenvalue weighted by atomic mass is 32.2. The van der Waals surface area contributed by atoms with Crippen LogP contribution in [0, 0.1) is 6.92 Å². The van der Waals surface area contributed by atoms with E-state index in [1.807, 2.05) is 31.8 Å². The standard InChI is InChI=1S/C13H19N5S/c1-5-6-10-15-11(14-3)8-12(16-10)19-13-7-9(2)17-18(13)4/h7-8H,5-6H2,1-4H3,(H,14,15,16).